The Kier molecular flexibility index (Phi) is 5.84. The number of aromatic carboxylic acids is 1. The second-order valence-corrected chi connectivity index (χ2v) is 7.25. The Labute approximate surface area is 179 Å². The van der Waals surface area contributed by atoms with Crippen molar-refractivity contribution in [2.45, 2.75) is 26.7 Å². The van der Waals surface area contributed by atoms with Gasteiger partial charge in [-0.15, -0.1) is 0 Å². The van der Waals surface area contributed by atoms with Crippen molar-refractivity contribution < 1.29 is 19.1 Å². The van der Waals surface area contributed by atoms with Crippen molar-refractivity contribution in [3.8, 4) is 11.4 Å². The quantitative estimate of drug-likeness (QED) is 0.457. The van der Waals surface area contributed by atoms with Crippen LogP contribution in [0.5, 0.6) is 5.75 Å². The Morgan fingerprint density at radius 1 is 1.13 bits per heavy atom. The zero-order valence-corrected chi connectivity index (χ0v) is 17.4. The van der Waals surface area contributed by atoms with Crippen molar-refractivity contribution in [1.82, 2.24) is 14.8 Å². The molecule has 0 spiro atoms. The highest BCUT2D eigenvalue weighted by atomic mass is 16.5. The van der Waals surface area contributed by atoms with Crippen molar-refractivity contribution in [3.63, 3.8) is 0 Å². The molecule has 2 aromatic heterocycles. The molecule has 4 rings (SSSR count). The predicted molar refractivity (Wildman–Crippen MR) is 115 cm³/mol. The lowest BCUT2D eigenvalue weighted by atomic mass is 10.1. The second kappa shape index (κ2) is 8.87. The summed E-state index contributed by atoms with van der Waals surface area (Å²) in [6, 6.07) is 17.1. The molecule has 31 heavy (non-hydrogen) atoms. The van der Waals surface area contributed by atoms with Crippen LogP contribution in [0.1, 0.15) is 39.0 Å². The van der Waals surface area contributed by atoms with Crippen LogP contribution in [0.2, 0.25) is 0 Å². The molecule has 0 aliphatic heterocycles. The Morgan fingerprint density at radius 3 is 2.65 bits per heavy atom. The third-order valence-corrected chi connectivity index (χ3v) is 4.91. The van der Waals surface area contributed by atoms with Gasteiger partial charge in [0.2, 0.25) is 0 Å². The molecule has 0 aliphatic carbocycles. The van der Waals surface area contributed by atoms with Crippen molar-refractivity contribution in [2.24, 2.45) is 0 Å². The molecule has 158 valence electrons. The van der Waals surface area contributed by atoms with Crippen LogP contribution in [0.15, 0.2) is 65.2 Å². The summed E-state index contributed by atoms with van der Waals surface area (Å²) >= 11 is 0. The smallest absolute Gasteiger partial charge is 0.356 e. The van der Waals surface area contributed by atoms with Gasteiger partial charge in [0.15, 0.2) is 11.6 Å². The zero-order valence-electron chi connectivity index (χ0n) is 17.4. The minimum absolute atomic E-state index is 0.0482. The molecule has 2 heterocycles. The molecule has 7 nitrogen and oxygen atoms in total. The first kappa shape index (κ1) is 20.4. The summed E-state index contributed by atoms with van der Waals surface area (Å²) in [6.07, 6.45) is 2.86. The average molecular weight is 417 g/mol. The maximum atomic E-state index is 11.7. The third-order valence-electron chi connectivity index (χ3n) is 4.91. The number of oxazole rings is 1. The lowest BCUT2D eigenvalue weighted by Gasteiger charge is -2.07. The number of carboxylic acid groups (broad SMARTS) is 1. The van der Waals surface area contributed by atoms with Crippen molar-refractivity contribution in [2.75, 3.05) is 6.61 Å². The molecule has 0 unspecified atom stereocenters. The number of carboxylic acids is 1. The van der Waals surface area contributed by atoms with Crippen LogP contribution in [0.3, 0.4) is 0 Å². The maximum absolute atomic E-state index is 11.7. The lowest BCUT2D eigenvalue weighted by Crippen LogP contribution is -2.04. The number of para-hydroxylation sites is 1. The highest BCUT2D eigenvalue weighted by Gasteiger charge is 2.17. The number of ether oxygens (including phenoxy) is 1. The lowest BCUT2D eigenvalue weighted by molar-refractivity contribution is 0.0689. The van der Waals surface area contributed by atoms with Gasteiger partial charge in [-0.05, 0) is 36.8 Å². The second-order valence-electron chi connectivity index (χ2n) is 7.25. The van der Waals surface area contributed by atoms with Gasteiger partial charge in [-0.1, -0.05) is 30.3 Å². The number of hydrogen-bond acceptors (Lipinski definition) is 5. The van der Waals surface area contributed by atoms with E-state index in [0.717, 1.165) is 28.5 Å². The van der Waals surface area contributed by atoms with Gasteiger partial charge in [0, 0.05) is 31.5 Å². The molecule has 4 aromatic rings. The van der Waals surface area contributed by atoms with E-state index in [-0.39, 0.29) is 5.69 Å². The highest BCUT2D eigenvalue weighted by molar-refractivity contribution is 5.87. The van der Waals surface area contributed by atoms with Crippen molar-refractivity contribution in [3.05, 3.63) is 95.0 Å². The predicted octanol–water partition coefficient (Wildman–Crippen LogP) is 4.39. The molecule has 0 radical (unpaired) electrons. The van der Waals surface area contributed by atoms with E-state index in [1.807, 2.05) is 68.4 Å². The molecule has 1 N–H and O–H groups in total. The first-order valence-electron chi connectivity index (χ1n) is 10.0. The molecular formula is C24H23N3O4. The van der Waals surface area contributed by atoms with E-state index in [1.165, 1.54) is 0 Å². The number of rotatable bonds is 8. The molecule has 0 fully saturated rings. The van der Waals surface area contributed by atoms with Gasteiger partial charge in [0.05, 0.1) is 18.0 Å². The summed E-state index contributed by atoms with van der Waals surface area (Å²) < 4.78 is 12.9. The fraction of sp³-hybridized carbons (Fsp3) is 0.208. The molecule has 2 aromatic carbocycles. The van der Waals surface area contributed by atoms with Gasteiger partial charge in [-0.3, -0.25) is 0 Å². The van der Waals surface area contributed by atoms with E-state index >= 15 is 0 Å². The van der Waals surface area contributed by atoms with Gasteiger partial charge in [0.1, 0.15) is 11.5 Å². The standard InChI is InChI=1S/C24H23N3O4/c1-16-22(25-17(2)31-16)11-12-30-21-10-6-7-18(14-21)13-19-15-27(26-23(19)24(28)29)20-8-4-3-5-9-20/h3-10,14-15H,11-13H2,1-2H3,(H,28,29). The molecule has 7 heteroatoms. The van der Waals surface area contributed by atoms with E-state index in [4.69, 9.17) is 9.15 Å². The van der Waals surface area contributed by atoms with Crippen LogP contribution >= 0.6 is 0 Å². The number of aromatic nitrogens is 3. The molecular weight excluding hydrogens is 394 g/mol. The third kappa shape index (κ3) is 4.83. The molecule has 0 amide bonds. The number of nitrogens with zero attached hydrogens (tertiary/aromatic N) is 3. The molecule has 0 atom stereocenters. The average Bonchev–Trinajstić information content (AvgIpc) is 3.32. The highest BCUT2D eigenvalue weighted by Crippen LogP contribution is 2.20. The van der Waals surface area contributed by atoms with Gasteiger partial charge < -0.3 is 14.3 Å². The van der Waals surface area contributed by atoms with Crippen LogP contribution in [-0.4, -0.2) is 32.4 Å². The summed E-state index contributed by atoms with van der Waals surface area (Å²) in [5.41, 5.74) is 3.34. The SMILES string of the molecule is Cc1nc(CCOc2cccc(Cc3cn(-c4ccccc4)nc3C(=O)O)c2)c(C)o1. The Hall–Kier alpha value is -3.87. The van der Waals surface area contributed by atoms with Gasteiger partial charge in [0.25, 0.3) is 0 Å². The zero-order chi connectivity index (χ0) is 21.8. The summed E-state index contributed by atoms with van der Waals surface area (Å²) in [4.78, 5) is 16.1. The monoisotopic (exact) mass is 417 g/mol. The van der Waals surface area contributed by atoms with Crippen LogP contribution in [0.25, 0.3) is 5.69 Å². The van der Waals surface area contributed by atoms with E-state index < -0.39 is 5.97 Å². The Morgan fingerprint density at radius 2 is 1.94 bits per heavy atom. The number of hydrogen-bond donors (Lipinski definition) is 1. The topological polar surface area (TPSA) is 90.4 Å². The number of aryl methyl sites for hydroxylation is 2. The van der Waals surface area contributed by atoms with Gasteiger partial charge in [-0.2, -0.15) is 5.10 Å². The van der Waals surface area contributed by atoms with Crippen LogP contribution < -0.4 is 4.74 Å². The Bertz CT molecular complexity index is 1190. The van der Waals surface area contributed by atoms with E-state index in [0.29, 0.717) is 30.9 Å². The molecule has 0 saturated heterocycles. The fourth-order valence-electron chi connectivity index (χ4n) is 3.47. The summed E-state index contributed by atoms with van der Waals surface area (Å²) in [5, 5.41) is 13.9. The minimum Gasteiger partial charge on any atom is -0.493 e. The molecule has 0 aliphatic rings. The van der Waals surface area contributed by atoms with E-state index in [9.17, 15) is 9.90 Å². The van der Waals surface area contributed by atoms with Crippen LogP contribution in [0.4, 0.5) is 0 Å². The largest absolute Gasteiger partial charge is 0.493 e. The Balaban J connectivity index is 1.47. The molecule has 0 bridgehead atoms. The summed E-state index contributed by atoms with van der Waals surface area (Å²) in [7, 11) is 0. The first-order valence-corrected chi connectivity index (χ1v) is 10.0. The summed E-state index contributed by atoms with van der Waals surface area (Å²) in [5.74, 6) is 1.14. The fourth-order valence-corrected chi connectivity index (χ4v) is 3.47. The number of carbonyl (C=O) groups is 1. The molecule has 0 saturated carbocycles. The van der Waals surface area contributed by atoms with E-state index in [2.05, 4.69) is 10.1 Å². The number of benzene rings is 2. The normalized spacial score (nSPS) is 10.9. The minimum atomic E-state index is -1.05. The van der Waals surface area contributed by atoms with Crippen molar-refractivity contribution in [1.29, 1.82) is 0 Å². The maximum Gasteiger partial charge on any atom is 0.356 e. The summed E-state index contributed by atoms with van der Waals surface area (Å²) in [6.45, 7) is 4.19. The van der Waals surface area contributed by atoms with Crippen LogP contribution in [-0.2, 0) is 12.8 Å². The first-order chi connectivity index (χ1) is 15.0. The van der Waals surface area contributed by atoms with Gasteiger partial charge >= 0.3 is 5.97 Å². The van der Waals surface area contributed by atoms with Crippen molar-refractivity contribution >= 4 is 5.97 Å². The van der Waals surface area contributed by atoms with Crippen LogP contribution in [0, 0.1) is 13.8 Å². The van der Waals surface area contributed by atoms with Gasteiger partial charge in [-0.25, -0.2) is 14.5 Å². The van der Waals surface area contributed by atoms with E-state index in [1.54, 1.807) is 10.9 Å².